The molecule has 136 valence electrons. The van der Waals surface area contributed by atoms with Gasteiger partial charge in [0.2, 0.25) is 0 Å². The number of aliphatic hydroxyl groups excluding tert-OH is 2. The molecule has 0 saturated carbocycles. The number of rotatable bonds is 9. The average Bonchev–Trinajstić information content (AvgIpc) is 2.61. The van der Waals surface area contributed by atoms with Crippen molar-refractivity contribution in [2.45, 2.75) is 32.3 Å². The van der Waals surface area contributed by atoms with E-state index in [0.29, 0.717) is 0 Å². The third-order valence-corrected chi connectivity index (χ3v) is 3.48. The minimum atomic E-state index is -1.06. The van der Waals surface area contributed by atoms with Crippen LogP contribution in [-0.2, 0) is 0 Å². The van der Waals surface area contributed by atoms with Crippen LogP contribution >= 0.6 is 0 Å². The molecule has 2 aromatic rings. The van der Waals surface area contributed by atoms with E-state index >= 15 is 0 Å². The Hall–Kier alpha value is -2.51. The Labute approximate surface area is 144 Å². The van der Waals surface area contributed by atoms with Gasteiger partial charge in [-0.3, -0.25) is 0 Å². The van der Waals surface area contributed by atoms with Gasteiger partial charge in [0, 0.05) is 0 Å². The van der Waals surface area contributed by atoms with Crippen molar-refractivity contribution in [3.05, 3.63) is 41.0 Å². The zero-order valence-corrected chi connectivity index (χ0v) is 14.0. The van der Waals surface area contributed by atoms with Gasteiger partial charge in [-0.1, -0.05) is 19.4 Å². The maximum absolute atomic E-state index is 12.0. The Morgan fingerprint density at radius 3 is 2.88 bits per heavy atom. The molecule has 1 atom stereocenters. The molecule has 0 amide bonds. The van der Waals surface area contributed by atoms with E-state index in [1.807, 2.05) is 0 Å². The molecule has 1 heterocycles. The Balaban J connectivity index is 2.34. The van der Waals surface area contributed by atoms with Crippen LogP contribution in [0.4, 0.5) is 0 Å². The standard InChI is InChI=1S/C18H22O7/c1-2-3-4-5-9-23-17-16(21)15-13(24-11-12(20)10-19)7-6-8-14(15)25-18(17)22/h5-9,12,19-21H,2-4,10-11H2,1H3/b9-5+. The van der Waals surface area contributed by atoms with Crippen molar-refractivity contribution in [2.75, 3.05) is 13.2 Å². The topological polar surface area (TPSA) is 109 Å². The summed E-state index contributed by atoms with van der Waals surface area (Å²) in [5.41, 5.74) is -0.682. The predicted octanol–water partition coefficient (Wildman–Crippen LogP) is 2.31. The van der Waals surface area contributed by atoms with E-state index < -0.39 is 24.1 Å². The zero-order chi connectivity index (χ0) is 18.2. The summed E-state index contributed by atoms with van der Waals surface area (Å²) in [7, 11) is 0. The van der Waals surface area contributed by atoms with Crippen molar-refractivity contribution in [3.63, 3.8) is 0 Å². The van der Waals surface area contributed by atoms with Crippen LogP contribution in [0, 0.1) is 0 Å². The molecule has 7 heteroatoms. The third kappa shape index (κ3) is 4.74. The molecule has 0 fully saturated rings. The first kappa shape index (κ1) is 18.8. The number of aliphatic hydroxyl groups is 2. The molecule has 0 aliphatic rings. The second-order valence-electron chi connectivity index (χ2n) is 5.48. The van der Waals surface area contributed by atoms with Crippen molar-refractivity contribution in [1.82, 2.24) is 0 Å². The number of allylic oxidation sites excluding steroid dienone is 1. The lowest BCUT2D eigenvalue weighted by molar-refractivity contribution is 0.0540. The lowest BCUT2D eigenvalue weighted by Gasteiger charge is -2.13. The molecule has 0 bridgehead atoms. The molecule has 1 aromatic carbocycles. The van der Waals surface area contributed by atoms with Gasteiger partial charge in [-0.25, -0.2) is 4.79 Å². The molecule has 3 N–H and O–H groups in total. The number of aromatic hydroxyl groups is 1. The van der Waals surface area contributed by atoms with Gasteiger partial charge < -0.3 is 29.2 Å². The normalized spacial score (nSPS) is 12.6. The third-order valence-electron chi connectivity index (χ3n) is 3.48. The molecular formula is C18H22O7. The molecule has 0 saturated heterocycles. The molecular weight excluding hydrogens is 328 g/mol. The largest absolute Gasteiger partial charge is 0.503 e. The van der Waals surface area contributed by atoms with Gasteiger partial charge in [-0.15, -0.1) is 0 Å². The highest BCUT2D eigenvalue weighted by Gasteiger charge is 2.19. The highest BCUT2D eigenvalue weighted by molar-refractivity contribution is 5.91. The fourth-order valence-corrected chi connectivity index (χ4v) is 2.15. The second kappa shape index (κ2) is 9.10. The van der Waals surface area contributed by atoms with Crippen LogP contribution in [-0.4, -0.2) is 34.6 Å². The van der Waals surface area contributed by atoms with Crippen LogP contribution in [0.25, 0.3) is 11.0 Å². The first-order chi connectivity index (χ1) is 12.1. The van der Waals surface area contributed by atoms with E-state index in [9.17, 15) is 15.0 Å². The molecule has 0 aliphatic heterocycles. The minimum Gasteiger partial charge on any atom is -0.503 e. The van der Waals surface area contributed by atoms with Crippen LogP contribution in [0.1, 0.15) is 26.2 Å². The molecule has 0 radical (unpaired) electrons. The fourth-order valence-electron chi connectivity index (χ4n) is 2.15. The van der Waals surface area contributed by atoms with Crippen LogP contribution in [0.15, 0.2) is 39.7 Å². The Morgan fingerprint density at radius 1 is 1.36 bits per heavy atom. The van der Waals surface area contributed by atoms with Gasteiger partial charge in [0.15, 0.2) is 5.75 Å². The summed E-state index contributed by atoms with van der Waals surface area (Å²) < 4.78 is 15.8. The van der Waals surface area contributed by atoms with E-state index in [1.54, 1.807) is 18.2 Å². The monoisotopic (exact) mass is 350 g/mol. The highest BCUT2D eigenvalue weighted by atomic mass is 16.5. The van der Waals surface area contributed by atoms with E-state index in [2.05, 4.69) is 6.92 Å². The quantitative estimate of drug-likeness (QED) is 0.362. The van der Waals surface area contributed by atoms with Gasteiger partial charge in [0.05, 0.1) is 12.9 Å². The van der Waals surface area contributed by atoms with E-state index in [1.165, 1.54) is 12.3 Å². The first-order valence-corrected chi connectivity index (χ1v) is 8.10. The van der Waals surface area contributed by atoms with Gasteiger partial charge in [0.25, 0.3) is 5.75 Å². The van der Waals surface area contributed by atoms with Gasteiger partial charge >= 0.3 is 5.63 Å². The molecule has 25 heavy (non-hydrogen) atoms. The van der Waals surface area contributed by atoms with Gasteiger partial charge in [-0.05, 0) is 31.1 Å². The molecule has 1 aromatic heterocycles. The minimum absolute atomic E-state index is 0.126. The number of fused-ring (bicyclic) bond motifs is 1. The number of unbranched alkanes of at least 4 members (excludes halogenated alkanes) is 2. The van der Waals surface area contributed by atoms with Crippen LogP contribution in [0.5, 0.6) is 17.2 Å². The number of hydrogen-bond acceptors (Lipinski definition) is 7. The van der Waals surface area contributed by atoms with Crippen LogP contribution in [0.3, 0.4) is 0 Å². The number of benzene rings is 1. The van der Waals surface area contributed by atoms with Crippen molar-refractivity contribution in [2.24, 2.45) is 0 Å². The Bertz CT molecular complexity index is 779. The van der Waals surface area contributed by atoms with E-state index in [4.69, 9.17) is 19.0 Å². The molecule has 0 aliphatic carbocycles. The Morgan fingerprint density at radius 2 is 2.16 bits per heavy atom. The molecule has 2 rings (SSSR count). The summed E-state index contributed by atoms with van der Waals surface area (Å²) in [6.07, 6.45) is 4.85. The van der Waals surface area contributed by atoms with Crippen molar-refractivity contribution >= 4 is 11.0 Å². The first-order valence-electron chi connectivity index (χ1n) is 8.10. The summed E-state index contributed by atoms with van der Waals surface area (Å²) in [4.78, 5) is 12.0. The maximum Gasteiger partial charge on any atom is 0.383 e. The summed E-state index contributed by atoms with van der Waals surface area (Å²) in [5.74, 6) is -0.537. The lowest BCUT2D eigenvalue weighted by atomic mass is 10.2. The average molecular weight is 350 g/mol. The Kier molecular flexibility index (Phi) is 6.85. The van der Waals surface area contributed by atoms with Crippen molar-refractivity contribution < 1.29 is 29.2 Å². The van der Waals surface area contributed by atoms with Crippen LogP contribution in [0.2, 0.25) is 0 Å². The van der Waals surface area contributed by atoms with Gasteiger partial charge in [0.1, 0.15) is 29.4 Å². The van der Waals surface area contributed by atoms with Crippen molar-refractivity contribution in [1.29, 1.82) is 0 Å². The lowest BCUT2D eigenvalue weighted by Crippen LogP contribution is -2.21. The second-order valence-corrected chi connectivity index (χ2v) is 5.48. The van der Waals surface area contributed by atoms with Crippen molar-refractivity contribution in [3.8, 4) is 17.2 Å². The predicted molar refractivity (Wildman–Crippen MR) is 92.0 cm³/mol. The zero-order valence-electron chi connectivity index (χ0n) is 14.0. The van der Waals surface area contributed by atoms with E-state index in [0.717, 1.165) is 19.3 Å². The molecule has 0 spiro atoms. The van der Waals surface area contributed by atoms with Crippen LogP contribution < -0.4 is 15.1 Å². The number of ether oxygens (including phenoxy) is 2. The smallest absolute Gasteiger partial charge is 0.383 e. The molecule has 1 unspecified atom stereocenters. The maximum atomic E-state index is 12.0. The fraction of sp³-hybridized carbons (Fsp3) is 0.389. The molecule has 7 nitrogen and oxygen atoms in total. The summed E-state index contributed by atoms with van der Waals surface area (Å²) in [6.45, 7) is 1.43. The summed E-state index contributed by atoms with van der Waals surface area (Å²) >= 11 is 0. The van der Waals surface area contributed by atoms with E-state index in [-0.39, 0.29) is 29.1 Å². The SMILES string of the molecule is CCCC/C=C/Oc1c(O)c2c(OCC(O)CO)cccc2oc1=O. The highest BCUT2D eigenvalue weighted by Crippen LogP contribution is 2.37. The van der Waals surface area contributed by atoms with Gasteiger partial charge in [-0.2, -0.15) is 0 Å². The number of hydrogen-bond donors (Lipinski definition) is 3. The summed E-state index contributed by atoms with van der Waals surface area (Å²) in [5, 5.41) is 28.8. The summed E-state index contributed by atoms with van der Waals surface area (Å²) in [6, 6.07) is 4.64.